The molecule has 16 rings (SSSR count). The van der Waals surface area contributed by atoms with E-state index in [1.54, 1.807) is 0 Å². The lowest BCUT2D eigenvalue weighted by Crippen LogP contribution is -1.94. The van der Waals surface area contributed by atoms with Crippen LogP contribution < -0.4 is 0 Å². The fraction of sp³-hybridized carbons (Fsp3) is 0. The Morgan fingerprint density at radius 3 is 0.757 bits per heavy atom. The van der Waals surface area contributed by atoms with E-state index in [2.05, 4.69) is 252 Å². The molecule has 0 atom stereocenters. The minimum absolute atomic E-state index is 1.16. The first-order valence-electron chi connectivity index (χ1n) is 24.3. The van der Waals surface area contributed by atoms with Gasteiger partial charge in [-0.2, -0.15) is 0 Å². The molecule has 16 aromatic rings. The highest BCUT2D eigenvalue weighted by Crippen LogP contribution is 2.47. The number of nitrogens with zero attached hydrogens (tertiary/aromatic N) is 2. The third kappa shape index (κ3) is 5.17. The minimum atomic E-state index is 1.16. The molecule has 0 bridgehead atoms. The number of benzene rings is 14. The fourth-order valence-corrected chi connectivity index (χ4v) is 12.6. The first-order chi connectivity index (χ1) is 34.7. The van der Waals surface area contributed by atoms with E-state index in [0.29, 0.717) is 0 Å². The molecule has 0 spiro atoms. The Kier molecular flexibility index (Phi) is 7.64. The third-order valence-corrected chi connectivity index (χ3v) is 15.7. The normalized spacial score (nSPS) is 12.3. The van der Waals surface area contributed by atoms with Crippen molar-refractivity contribution < 1.29 is 0 Å². The predicted octanol–water partition coefficient (Wildman–Crippen LogP) is 18.7. The summed E-state index contributed by atoms with van der Waals surface area (Å²) in [6.45, 7) is 0. The van der Waals surface area contributed by atoms with Crippen molar-refractivity contribution in [3.63, 3.8) is 0 Å². The molecular weight excluding hydrogens is 845 g/mol. The van der Waals surface area contributed by atoms with Crippen molar-refractivity contribution in [2.75, 3.05) is 0 Å². The summed E-state index contributed by atoms with van der Waals surface area (Å²) in [6, 6.07) is 90.6. The first kappa shape index (κ1) is 37.8. The van der Waals surface area contributed by atoms with Gasteiger partial charge in [0.25, 0.3) is 0 Å². The molecule has 2 heterocycles. The van der Waals surface area contributed by atoms with Gasteiger partial charge >= 0.3 is 0 Å². The van der Waals surface area contributed by atoms with Crippen molar-refractivity contribution in [1.29, 1.82) is 0 Å². The molecule has 0 aliphatic carbocycles. The molecule has 14 aromatic carbocycles. The number of aromatic nitrogens is 2. The molecule has 0 N–H and O–H groups in total. The summed E-state index contributed by atoms with van der Waals surface area (Å²) in [5, 5.41) is 20.6. The summed E-state index contributed by atoms with van der Waals surface area (Å²) in [7, 11) is 0. The van der Waals surface area contributed by atoms with Crippen LogP contribution in [0, 0.1) is 0 Å². The van der Waals surface area contributed by atoms with E-state index in [1.165, 1.54) is 142 Å². The largest absolute Gasteiger partial charge is 0.309 e. The molecule has 0 unspecified atom stereocenters. The molecule has 0 aliphatic rings. The number of rotatable bonds is 5. The summed E-state index contributed by atoms with van der Waals surface area (Å²) >= 11 is 0. The van der Waals surface area contributed by atoms with E-state index in [-0.39, 0.29) is 0 Å². The molecule has 2 aromatic heterocycles. The average molecular weight is 885 g/mol. The summed E-state index contributed by atoms with van der Waals surface area (Å²) in [6.07, 6.45) is 0. The van der Waals surface area contributed by atoms with Crippen LogP contribution in [0.3, 0.4) is 0 Å². The molecule has 322 valence electrons. The fourth-order valence-electron chi connectivity index (χ4n) is 12.6. The van der Waals surface area contributed by atoms with Gasteiger partial charge in [0.1, 0.15) is 0 Å². The number of hydrogen-bond acceptors (Lipinski definition) is 0. The highest BCUT2D eigenvalue weighted by Gasteiger charge is 2.20. The zero-order valence-electron chi connectivity index (χ0n) is 38.0. The smallest absolute Gasteiger partial charge is 0.0541 e. The predicted molar refractivity (Wildman–Crippen MR) is 299 cm³/mol. The van der Waals surface area contributed by atoms with Crippen LogP contribution in [0.4, 0.5) is 0 Å². The molecule has 0 fully saturated rings. The highest BCUT2D eigenvalue weighted by atomic mass is 15.0. The topological polar surface area (TPSA) is 9.86 Å². The molecule has 70 heavy (non-hydrogen) atoms. The lowest BCUT2D eigenvalue weighted by Gasteiger charge is -2.19. The van der Waals surface area contributed by atoms with Crippen LogP contribution in [-0.2, 0) is 0 Å². The Balaban J connectivity index is 0.819. The van der Waals surface area contributed by atoms with Gasteiger partial charge in [0, 0.05) is 32.9 Å². The van der Waals surface area contributed by atoms with E-state index >= 15 is 0 Å². The first-order valence-corrected chi connectivity index (χ1v) is 24.3. The lowest BCUT2D eigenvalue weighted by atomic mass is 9.84. The Hall–Kier alpha value is -9.24. The molecule has 2 nitrogen and oxygen atoms in total. The number of fused-ring (bicyclic) bond motifs is 6. The van der Waals surface area contributed by atoms with Crippen molar-refractivity contribution >= 4 is 108 Å². The van der Waals surface area contributed by atoms with Crippen LogP contribution >= 0.6 is 0 Å². The van der Waals surface area contributed by atoms with Gasteiger partial charge in [-0.3, -0.25) is 0 Å². The molecule has 0 radical (unpaired) electrons. The van der Waals surface area contributed by atoms with Gasteiger partial charge in [-0.25, -0.2) is 0 Å². The number of para-hydroxylation sites is 4. The molecule has 0 aliphatic heterocycles. The standard InChI is InChI=1S/C68H40N2/c1-5-13-61-53(9-1)54-10-2-6-14-62(54)69(61)47-29-17-41(18-30-47)49-33-21-43-27-39-59-51(35-23-45-25-37-57(49)65(43)67(45)59)52-36-24-46-26-38-58-50(34-22-44-28-40-60(52)68(46)66(44)58)42-19-31-48(32-20-42)70-63-15-7-3-11-55(63)56-12-4-8-16-64(56)70/h1-40H. The van der Waals surface area contributed by atoms with E-state index < -0.39 is 0 Å². The van der Waals surface area contributed by atoms with Crippen LogP contribution in [-0.4, -0.2) is 9.13 Å². The Morgan fingerprint density at radius 1 is 0.186 bits per heavy atom. The van der Waals surface area contributed by atoms with Crippen molar-refractivity contribution in [1.82, 2.24) is 9.13 Å². The van der Waals surface area contributed by atoms with E-state index in [1.807, 2.05) is 0 Å². The zero-order chi connectivity index (χ0) is 45.6. The van der Waals surface area contributed by atoms with Crippen LogP contribution in [0.5, 0.6) is 0 Å². The van der Waals surface area contributed by atoms with Crippen molar-refractivity contribution in [3.8, 4) is 44.8 Å². The maximum Gasteiger partial charge on any atom is 0.0541 e. The second kappa shape index (κ2) is 14.1. The Labute approximate surface area is 402 Å². The van der Waals surface area contributed by atoms with Gasteiger partial charge in [-0.1, -0.05) is 194 Å². The monoisotopic (exact) mass is 884 g/mol. The second-order valence-electron chi connectivity index (χ2n) is 19.1. The molecule has 0 amide bonds. The van der Waals surface area contributed by atoms with Crippen LogP contribution in [0.25, 0.3) is 153 Å². The van der Waals surface area contributed by atoms with E-state index in [4.69, 9.17) is 0 Å². The summed E-state index contributed by atoms with van der Waals surface area (Å²) in [5.41, 5.74) is 14.7. The van der Waals surface area contributed by atoms with Gasteiger partial charge in [-0.05, 0) is 147 Å². The summed E-state index contributed by atoms with van der Waals surface area (Å²) in [4.78, 5) is 0. The van der Waals surface area contributed by atoms with E-state index in [9.17, 15) is 0 Å². The molecule has 2 heteroatoms. The minimum Gasteiger partial charge on any atom is -0.309 e. The van der Waals surface area contributed by atoms with Gasteiger partial charge in [-0.15, -0.1) is 0 Å². The van der Waals surface area contributed by atoms with Crippen molar-refractivity contribution in [3.05, 3.63) is 243 Å². The van der Waals surface area contributed by atoms with Crippen LogP contribution in [0.2, 0.25) is 0 Å². The molecule has 0 saturated heterocycles. The van der Waals surface area contributed by atoms with Gasteiger partial charge in [0.2, 0.25) is 0 Å². The van der Waals surface area contributed by atoms with Crippen molar-refractivity contribution in [2.45, 2.75) is 0 Å². The SMILES string of the molecule is c1ccc2c(c1)c1ccccc1n2-c1ccc(-c2ccc3ccc4c(-c5ccc6ccc7c(-c8ccc(-n9c%10ccccc%10c%10ccccc%109)cc8)ccc8ccc5c6c87)ccc5ccc2c3c54)cc1. The van der Waals surface area contributed by atoms with E-state index in [0.717, 1.165) is 11.4 Å². The van der Waals surface area contributed by atoms with Gasteiger partial charge < -0.3 is 9.13 Å². The zero-order valence-corrected chi connectivity index (χ0v) is 38.0. The average Bonchev–Trinajstić information content (AvgIpc) is 3.95. The Bertz CT molecular complexity index is 4380. The Morgan fingerprint density at radius 2 is 0.443 bits per heavy atom. The maximum atomic E-state index is 2.39. The van der Waals surface area contributed by atoms with Crippen molar-refractivity contribution in [2.24, 2.45) is 0 Å². The lowest BCUT2D eigenvalue weighted by molar-refractivity contribution is 1.18. The molecule has 0 saturated carbocycles. The third-order valence-electron chi connectivity index (χ3n) is 15.7. The summed E-state index contributed by atoms with van der Waals surface area (Å²) in [5.74, 6) is 0. The summed E-state index contributed by atoms with van der Waals surface area (Å²) < 4.78 is 4.79. The van der Waals surface area contributed by atoms with Gasteiger partial charge in [0.05, 0.1) is 22.1 Å². The second-order valence-corrected chi connectivity index (χ2v) is 19.1. The quantitative estimate of drug-likeness (QED) is 0.152. The van der Waals surface area contributed by atoms with Crippen LogP contribution in [0.15, 0.2) is 243 Å². The highest BCUT2D eigenvalue weighted by molar-refractivity contribution is 6.31. The number of hydrogen-bond donors (Lipinski definition) is 0. The maximum absolute atomic E-state index is 2.39. The van der Waals surface area contributed by atoms with Crippen LogP contribution in [0.1, 0.15) is 0 Å². The van der Waals surface area contributed by atoms with Gasteiger partial charge in [0.15, 0.2) is 0 Å². The molecular formula is C68H40N2.